The smallest absolute Gasteiger partial charge is 0.144 e. The van der Waals surface area contributed by atoms with Gasteiger partial charge in [-0.05, 0) is 19.8 Å². The van der Waals surface area contributed by atoms with Gasteiger partial charge in [0.1, 0.15) is 12.2 Å². The second-order valence-corrected chi connectivity index (χ2v) is 3.10. The Morgan fingerprint density at radius 3 is 3.18 bits per heavy atom. The van der Waals surface area contributed by atoms with Gasteiger partial charge in [-0.2, -0.15) is 5.10 Å². The number of aromatic nitrogens is 3. The van der Waals surface area contributed by atoms with Crippen molar-refractivity contribution in [2.24, 2.45) is 5.73 Å². The Balaban J connectivity index is 2.43. The van der Waals surface area contributed by atoms with Crippen molar-refractivity contribution in [3.05, 3.63) is 12.2 Å². The van der Waals surface area contributed by atoms with Crippen LogP contribution in [0.15, 0.2) is 6.33 Å². The largest absolute Gasteiger partial charge is 0.321 e. The maximum absolute atomic E-state index is 5.83. The molecule has 2 unspecified atom stereocenters. The SMILES string of the molecule is CC1CCC(N)c2ncnn21. The Bertz CT molecular complexity index is 230. The van der Waals surface area contributed by atoms with Crippen LogP contribution in [0, 0.1) is 0 Å². The molecule has 0 saturated carbocycles. The van der Waals surface area contributed by atoms with Crippen molar-refractivity contribution in [3.8, 4) is 0 Å². The number of nitrogens with two attached hydrogens (primary N) is 1. The van der Waals surface area contributed by atoms with Gasteiger partial charge >= 0.3 is 0 Å². The maximum Gasteiger partial charge on any atom is 0.144 e. The predicted molar refractivity (Wildman–Crippen MR) is 40.9 cm³/mol. The fourth-order valence-electron chi connectivity index (χ4n) is 1.54. The van der Waals surface area contributed by atoms with E-state index in [9.17, 15) is 0 Å². The number of hydrogen-bond acceptors (Lipinski definition) is 3. The molecular formula is C7H12N4. The van der Waals surface area contributed by atoms with Crippen molar-refractivity contribution < 1.29 is 0 Å². The summed E-state index contributed by atoms with van der Waals surface area (Å²) in [7, 11) is 0. The summed E-state index contributed by atoms with van der Waals surface area (Å²) in [5.41, 5.74) is 5.83. The Labute approximate surface area is 65.4 Å². The van der Waals surface area contributed by atoms with E-state index in [1.807, 2.05) is 4.68 Å². The Hall–Kier alpha value is -0.900. The van der Waals surface area contributed by atoms with Crippen LogP contribution in [0.3, 0.4) is 0 Å². The van der Waals surface area contributed by atoms with Crippen molar-refractivity contribution in [1.82, 2.24) is 14.8 Å². The van der Waals surface area contributed by atoms with Gasteiger partial charge in [0.2, 0.25) is 0 Å². The van der Waals surface area contributed by atoms with Crippen LogP contribution >= 0.6 is 0 Å². The summed E-state index contributed by atoms with van der Waals surface area (Å²) in [6.45, 7) is 2.14. The van der Waals surface area contributed by atoms with Gasteiger partial charge < -0.3 is 5.73 Å². The first kappa shape index (κ1) is 6.79. The Morgan fingerprint density at radius 1 is 1.64 bits per heavy atom. The quantitative estimate of drug-likeness (QED) is 0.593. The highest BCUT2D eigenvalue weighted by Gasteiger charge is 2.23. The van der Waals surface area contributed by atoms with E-state index in [2.05, 4.69) is 17.0 Å². The lowest BCUT2D eigenvalue weighted by molar-refractivity contribution is 0.350. The molecule has 2 rings (SSSR count). The molecule has 4 nitrogen and oxygen atoms in total. The third kappa shape index (κ3) is 0.939. The van der Waals surface area contributed by atoms with E-state index in [-0.39, 0.29) is 6.04 Å². The minimum atomic E-state index is 0.0914. The average Bonchev–Trinajstić information content (AvgIpc) is 2.45. The number of rotatable bonds is 0. The molecule has 0 aromatic carbocycles. The van der Waals surface area contributed by atoms with Crippen LogP contribution in [0.4, 0.5) is 0 Å². The molecule has 60 valence electrons. The van der Waals surface area contributed by atoms with Gasteiger partial charge in [0.25, 0.3) is 0 Å². The molecule has 0 amide bonds. The fraction of sp³-hybridized carbons (Fsp3) is 0.714. The van der Waals surface area contributed by atoms with Crippen LogP contribution in [0.25, 0.3) is 0 Å². The van der Waals surface area contributed by atoms with Crippen LogP contribution in [-0.4, -0.2) is 14.8 Å². The summed E-state index contributed by atoms with van der Waals surface area (Å²) >= 11 is 0. The van der Waals surface area contributed by atoms with Crippen LogP contribution in [0.5, 0.6) is 0 Å². The first-order valence-corrected chi connectivity index (χ1v) is 3.94. The minimum absolute atomic E-state index is 0.0914. The summed E-state index contributed by atoms with van der Waals surface area (Å²) in [6.07, 6.45) is 3.72. The molecule has 0 aliphatic carbocycles. The summed E-state index contributed by atoms with van der Waals surface area (Å²) < 4.78 is 1.92. The highest BCUT2D eigenvalue weighted by atomic mass is 15.4. The molecule has 1 aromatic heterocycles. The molecule has 4 heteroatoms. The Kier molecular flexibility index (Phi) is 1.42. The van der Waals surface area contributed by atoms with E-state index >= 15 is 0 Å². The highest BCUT2D eigenvalue weighted by Crippen LogP contribution is 2.26. The van der Waals surface area contributed by atoms with Crippen LogP contribution in [0.1, 0.15) is 37.7 Å². The third-order valence-corrected chi connectivity index (χ3v) is 2.25. The zero-order valence-electron chi connectivity index (χ0n) is 6.57. The molecule has 0 fully saturated rings. The van der Waals surface area contributed by atoms with E-state index in [4.69, 9.17) is 5.73 Å². The molecule has 1 aromatic rings. The molecule has 0 bridgehead atoms. The van der Waals surface area contributed by atoms with E-state index in [1.54, 1.807) is 6.33 Å². The highest BCUT2D eigenvalue weighted by molar-refractivity contribution is 4.98. The molecule has 0 spiro atoms. The van der Waals surface area contributed by atoms with Gasteiger partial charge in [0, 0.05) is 0 Å². The number of fused-ring (bicyclic) bond motifs is 1. The summed E-state index contributed by atoms with van der Waals surface area (Å²) in [5, 5.41) is 4.11. The molecule has 2 N–H and O–H groups in total. The van der Waals surface area contributed by atoms with Gasteiger partial charge in [0.05, 0.1) is 12.1 Å². The third-order valence-electron chi connectivity index (χ3n) is 2.25. The fourth-order valence-corrected chi connectivity index (χ4v) is 1.54. The summed E-state index contributed by atoms with van der Waals surface area (Å²) in [4.78, 5) is 4.12. The minimum Gasteiger partial charge on any atom is -0.321 e. The van der Waals surface area contributed by atoms with E-state index < -0.39 is 0 Å². The molecule has 11 heavy (non-hydrogen) atoms. The summed E-state index contributed by atoms with van der Waals surface area (Å²) in [6, 6.07) is 0.556. The lowest BCUT2D eigenvalue weighted by Crippen LogP contribution is -2.25. The van der Waals surface area contributed by atoms with E-state index in [0.717, 1.165) is 18.7 Å². The predicted octanol–water partition coefficient (Wildman–Crippen LogP) is 0.633. The molecule has 1 aliphatic heterocycles. The van der Waals surface area contributed by atoms with Crippen molar-refractivity contribution >= 4 is 0 Å². The van der Waals surface area contributed by atoms with Gasteiger partial charge in [-0.15, -0.1) is 0 Å². The van der Waals surface area contributed by atoms with Crippen molar-refractivity contribution in [1.29, 1.82) is 0 Å². The second-order valence-electron chi connectivity index (χ2n) is 3.10. The molecule has 2 atom stereocenters. The van der Waals surface area contributed by atoms with Gasteiger partial charge in [0.15, 0.2) is 0 Å². The van der Waals surface area contributed by atoms with Crippen LogP contribution < -0.4 is 5.73 Å². The summed E-state index contributed by atoms with van der Waals surface area (Å²) in [5.74, 6) is 0.934. The molecule has 0 saturated heterocycles. The maximum atomic E-state index is 5.83. The zero-order chi connectivity index (χ0) is 7.84. The standard InChI is InChI=1S/C7H12N4/c1-5-2-3-6(8)7-9-4-10-11(5)7/h4-6H,2-3,8H2,1H3. The van der Waals surface area contributed by atoms with Gasteiger partial charge in [-0.3, -0.25) is 0 Å². The molecule has 1 aliphatic rings. The van der Waals surface area contributed by atoms with E-state index in [0.29, 0.717) is 6.04 Å². The number of hydrogen-bond donors (Lipinski definition) is 1. The zero-order valence-corrected chi connectivity index (χ0v) is 6.57. The average molecular weight is 152 g/mol. The van der Waals surface area contributed by atoms with Crippen molar-refractivity contribution in [2.75, 3.05) is 0 Å². The molecule has 0 radical (unpaired) electrons. The van der Waals surface area contributed by atoms with Crippen molar-refractivity contribution in [3.63, 3.8) is 0 Å². The van der Waals surface area contributed by atoms with Gasteiger partial charge in [-0.1, -0.05) is 0 Å². The number of nitrogens with zero attached hydrogens (tertiary/aromatic N) is 3. The topological polar surface area (TPSA) is 56.7 Å². The molecule has 2 heterocycles. The lowest BCUT2D eigenvalue weighted by Gasteiger charge is -2.23. The van der Waals surface area contributed by atoms with Gasteiger partial charge in [-0.25, -0.2) is 9.67 Å². The monoisotopic (exact) mass is 152 g/mol. The van der Waals surface area contributed by atoms with Crippen molar-refractivity contribution in [2.45, 2.75) is 31.8 Å². The first-order valence-electron chi connectivity index (χ1n) is 3.94. The van der Waals surface area contributed by atoms with Crippen LogP contribution in [-0.2, 0) is 0 Å². The first-order chi connectivity index (χ1) is 5.29. The Morgan fingerprint density at radius 2 is 2.45 bits per heavy atom. The second kappa shape index (κ2) is 2.30. The molecular weight excluding hydrogens is 140 g/mol. The lowest BCUT2D eigenvalue weighted by atomic mass is 10.0. The normalized spacial score (nSPS) is 30.0. The van der Waals surface area contributed by atoms with Crippen LogP contribution in [0.2, 0.25) is 0 Å². The van der Waals surface area contributed by atoms with E-state index in [1.165, 1.54) is 0 Å².